The van der Waals surface area contributed by atoms with Crippen LogP contribution in [0.15, 0.2) is 18.2 Å². The lowest BCUT2D eigenvalue weighted by atomic mass is 9.84. The minimum absolute atomic E-state index is 0.352. The molecule has 19 heavy (non-hydrogen) atoms. The SMILES string of the molecule is CC(NCc1cccc2c1OCO2)C1CCCCC1. The Morgan fingerprint density at radius 2 is 2.05 bits per heavy atom. The van der Waals surface area contributed by atoms with Crippen LogP contribution in [0.5, 0.6) is 11.5 Å². The number of fused-ring (bicyclic) bond motifs is 1. The van der Waals surface area contributed by atoms with Gasteiger partial charge in [0.1, 0.15) is 0 Å². The molecule has 104 valence electrons. The Bertz CT molecular complexity index is 427. The van der Waals surface area contributed by atoms with Gasteiger partial charge in [0.15, 0.2) is 11.5 Å². The molecule has 1 aliphatic carbocycles. The maximum atomic E-state index is 5.55. The summed E-state index contributed by atoms with van der Waals surface area (Å²) in [6.45, 7) is 3.53. The lowest BCUT2D eigenvalue weighted by Gasteiger charge is -2.28. The summed E-state index contributed by atoms with van der Waals surface area (Å²) in [5, 5.41) is 3.66. The van der Waals surface area contributed by atoms with Crippen LogP contribution in [0.25, 0.3) is 0 Å². The Kier molecular flexibility index (Phi) is 3.92. The molecule has 1 aromatic carbocycles. The Hall–Kier alpha value is -1.22. The maximum Gasteiger partial charge on any atom is 0.231 e. The molecular weight excluding hydrogens is 238 g/mol. The van der Waals surface area contributed by atoms with E-state index in [1.807, 2.05) is 12.1 Å². The molecule has 3 rings (SSSR count). The first-order valence-corrected chi connectivity index (χ1v) is 7.45. The normalized spacial score (nSPS) is 20.5. The van der Waals surface area contributed by atoms with E-state index in [-0.39, 0.29) is 0 Å². The first-order chi connectivity index (χ1) is 9.34. The van der Waals surface area contributed by atoms with Crippen molar-refractivity contribution in [2.24, 2.45) is 5.92 Å². The molecule has 1 aliphatic heterocycles. The highest BCUT2D eigenvalue weighted by atomic mass is 16.7. The second-order valence-corrected chi connectivity index (χ2v) is 5.72. The fourth-order valence-corrected chi connectivity index (χ4v) is 3.20. The zero-order chi connectivity index (χ0) is 13.1. The molecule has 3 heteroatoms. The van der Waals surface area contributed by atoms with Crippen molar-refractivity contribution < 1.29 is 9.47 Å². The summed E-state index contributed by atoms with van der Waals surface area (Å²) < 4.78 is 11.0. The molecule has 1 unspecified atom stereocenters. The minimum Gasteiger partial charge on any atom is -0.454 e. The first kappa shape index (κ1) is 12.8. The van der Waals surface area contributed by atoms with Crippen molar-refractivity contribution in [2.75, 3.05) is 6.79 Å². The molecule has 1 fully saturated rings. The monoisotopic (exact) mass is 261 g/mol. The number of nitrogens with one attached hydrogen (secondary N) is 1. The van der Waals surface area contributed by atoms with Crippen molar-refractivity contribution in [1.82, 2.24) is 5.32 Å². The highest BCUT2D eigenvalue weighted by Gasteiger charge is 2.21. The molecule has 1 heterocycles. The summed E-state index contributed by atoms with van der Waals surface area (Å²) >= 11 is 0. The average molecular weight is 261 g/mol. The van der Waals surface area contributed by atoms with Crippen LogP contribution in [0.3, 0.4) is 0 Å². The van der Waals surface area contributed by atoms with Crippen molar-refractivity contribution in [3.05, 3.63) is 23.8 Å². The predicted molar refractivity (Wildman–Crippen MR) is 75.4 cm³/mol. The summed E-state index contributed by atoms with van der Waals surface area (Å²) in [5.74, 6) is 2.64. The zero-order valence-corrected chi connectivity index (χ0v) is 11.7. The molecule has 0 aromatic heterocycles. The van der Waals surface area contributed by atoms with E-state index >= 15 is 0 Å². The number of hydrogen-bond donors (Lipinski definition) is 1. The van der Waals surface area contributed by atoms with Gasteiger partial charge in [-0.25, -0.2) is 0 Å². The number of rotatable bonds is 4. The van der Waals surface area contributed by atoms with Crippen molar-refractivity contribution in [3.8, 4) is 11.5 Å². The molecule has 0 amide bonds. The highest BCUT2D eigenvalue weighted by molar-refractivity contribution is 5.48. The van der Waals surface area contributed by atoms with Crippen LogP contribution in [0.2, 0.25) is 0 Å². The summed E-state index contributed by atoms with van der Waals surface area (Å²) in [5.41, 5.74) is 1.21. The lowest BCUT2D eigenvalue weighted by molar-refractivity contribution is 0.173. The summed E-state index contributed by atoms with van der Waals surface area (Å²) in [7, 11) is 0. The van der Waals surface area contributed by atoms with Crippen LogP contribution >= 0.6 is 0 Å². The predicted octanol–water partition coefficient (Wildman–Crippen LogP) is 3.47. The minimum atomic E-state index is 0.352. The van der Waals surface area contributed by atoms with Gasteiger partial charge in [-0.3, -0.25) is 0 Å². The third kappa shape index (κ3) is 2.86. The fraction of sp³-hybridized carbons (Fsp3) is 0.625. The van der Waals surface area contributed by atoms with Gasteiger partial charge in [-0.1, -0.05) is 31.4 Å². The standard InChI is InChI=1S/C16H23NO2/c1-12(13-6-3-2-4-7-13)17-10-14-8-5-9-15-16(14)19-11-18-15/h5,8-9,12-13,17H,2-4,6-7,10-11H2,1H3. The largest absolute Gasteiger partial charge is 0.454 e. The third-order valence-electron chi connectivity index (χ3n) is 4.45. The van der Waals surface area contributed by atoms with Gasteiger partial charge in [0.05, 0.1) is 0 Å². The lowest BCUT2D eigenvalue weighted by Crippen LogP contribution is -2.34. The molecule has 3 nitrogen and oxygen atoms in total. The molecule has 1 atom stereocenters. The topological polar surface area (TPSA) is 30.5 Å². The molecule has 2 aliphatic rings. The molecule has 0 radical (unpaired) electrons. The van der Waals surface area contributed by atoms with E-state index in [9.17, 15) is 0 Å². The molecule has 0 saturated heterocycles. The number of ether oxygens (including phenoxy) is 2. The second-order valence-electron chi connectivity index (χ2n) is 5.72. The van der Waals surface area contributed by atoms with Crippen molar-refractivity contribution >= 4 is 0 Å². The maximum absolute atomic E-state index is 5.55. The quantitative estimate of drug-likeness (QED) is 0.900. The van der Waals surface area contributed by atoms with E-state index in [1.165, 1.54) is 37.7 Å². The molecule has 0 spiro atoms. The van der Waals surface area contributed by atoms with E-state index in [2.05, 4.69) is 18.3 Å². The van der Waals surface area contributed by atoms with Gasteiger partial charge in [-0.15, -0.1) is 0 Å². The zero-order valence-electron chi connectivity index (χ0n) is 11.7. The van der Waals surface area contributed by atoms with E-state index in [1.54, 1.807) is 0 Å². The van der Waals surface area contributed by atoms with Gasteiger partial charge in [0.2, 0.25) is 6.79 Å². The Balaban J connectivity index is 1.58. The van der Waals surface area contributed by atoms with Crippen molar-refractivity contribution in [1.29, 1.82) is 0 Å². The number of para-hydroxylation sites is 1. The van der Waals surface area contributed by atoms with Gasteiger partial charge in [-0.05, 0) is 31.7 Å². The smallest absolute Gasteiger partial charge is 0.231 e. The van der Waals surface area contributed by atoms with Crippen LogP contribution < -0.4 is 14.8 Å². The summed E-state index contributed by atoms with van der Waals surface area (Å²) in [6, 6.07) is 6.71. The van der Waals surface area contributed by atoms with Crippen molar-refractivity contribution in [2.45, 2.75) is 51.6 Å². The molecular formula is C16H23NO2. The van der Waals surface area contributed by atoms with Crippen LogP contribution in [-0.2, 0) is 6.54 Å². The molecule has 0 bridgehead atoms. The van der Waals surface area contributed by atoms with E-state index < -0.39 is 0 Å². The van der Waals surface area contributed by atoms with Gasteiger partial charge in [-0.2, -0.15) is 0 Å². The van der Waals surface area contributed by atoms with Gasteiger partial charge < -0.3 is 14.8 Å². The van der Waals surface area contributed by atoms with Crippen LogP contribution in [0.4, 0.5) is 0 Å². The number of hydrogen-bond acceptors (Lipinski definition) is 3. The molecule has 1 saturated carbocycles. The van der Waals surface area contributed by atoms with Gasteiger partial charge >= 0.3 is 0 Å². The van der Waals surface area contributed by atoms with Gasteiger partial charge in [0, 0.05) is 18.2 Å². The summed E-state index contributed by atoms with van der Waals surface area (Å²) in [4.78, 5) is 0. The van der Waals surface area contributed by atoms with E-state index in [0.29, 0.717) is 12.8 Å². The van der Waals surface area contributed by atoms with Crippen LogP contribution in [-0.4, -0.2) is 12.8 Å². The Labute approximate surface area is 115 Å². The fourth-order valence-electron chi connectivity index (χ4n) is 3.20. The average Bonchev–Trinajstić information content (AvgIpc) is 2.94. The van der Waals surface area contributed by atoms with E-state index in [4.69, 9.17) is 9.47 Å². The first-order valence-electron chi connectivity index (χ1n) is 7.45. The van der Waals surface area contributed by atoms with E-state index in [0.717, 1.165) is 24.0 Å². The Morgan fingerprint density at radius 3 is 2.89 bits per heavy atom. The van der Waals surface area contributed by atoms with Crippen molar-refractivity contribution in [3.63, 3.8) is 0 Å². The van der Waals surface area contributed by atoms with Gasteiger partial charge in [0.25, 0.3) is 0 Å². The third-order valence-corrected chi connectivity index (χ3v) is 4.45. The van der Waals surface area contributed by atoms with Crippen LogP contribution in [0.1, 0.15) is 44.6 Å². The summed E-state index contributed by atoms with van der Waals surface area (Å²) in [6.07, 6.45) is 6.96. The second kappa shape index (κ2) is 5.83. The molecule has 1 aromatic rings. The van der Waals surface area contributed by atoms with Crippen LogP contribution in [0, 0.1) is 5.92 Å². The number of benzene rings is 1. The highest BCUT2D eigenvalue weighted by Crippen LogP contribution is 2.35. The molecule has 1 N–H and O–H groups in total. The Morgan fingerprint density at radius 1 is 1.21 bits per heavy atom.